The Balaban J connectivity index is 2.26. The lowest BCUT2D eigenvalue weighted by Gasteiger charge is -2.07. The molecule has 4 nitrogen and oxygen atoms in total. The van der Waals surface area contributed by atoms with E-state index in [4.69, 9.17) is 10.4 Å². The first-order chi connectivity index (χ1) is 9.51. The van der Waals surface area contributed by atoms with Crippen molar-refractivity contribution in [1.82, 2.24) is 0 Å². The molecule has 0 aliphatic heterocycles. The van der Waals surface area contributed by atoms with E-state index >= 15 is 0 Å². The summed E-state index contributed by atoms with van der Waals surface area (Å²) in [6.45, 7) is 0. The molecule has 0 fully saturated rings. The van der Waals surface area contributed by atoms with Gasteiger partial charge in [-0.2, -0.15) is 5.26 Å². The second-order valence-corrected chi connectivity index (χ2v) is 3.92. The van der Waals surface area contributed by atoms with Crippen molar-refractivity contribution in [1.29, 1.82) is 5.26 Å². The molecule has 0 spiro atoms. The van der Waals surface area contributed by atoms with Crippen molar-refractivity contribution in [2.45, 2.75) is 0 Å². The standard InChI is InChI=1S/C14H8F2N2O2/c15-12-4-1-9(5-8(12)7-17)18-14(20)11-3-2-10(19)6-13(11)16/h1-6,19H,(H,18,20). The van der Waals surface area contributed by atoms with Gasteiger partial charge in [0.25, 0.3) is 5.91 Å². The Hall–Kier alpha value is -2.94. The zero-order chi connectivity index (χ0) is 14.7. The van der Waals surface area contributed by atoms with Gasteiger partial charge in [0.1, 0.15) is 23.5 Å². The lowest BCUT2D eigenvalue weighted by Crippen LogP contribution is -2.13. The summed E-state index contributed by atoms with van der Waals surface area (Å²) >= 11 is 0. The molecule has 0 aliphatic rings. The number of nitriles is 1. The Morgan fingerprint density at radius 1 is 1.15 bits per heavy atom. The summed E-state index contributed by atoms with van der Waals surface area (Å²) in [6.07, 6.45) is 0. The van der Waals surface area contributed by atoms with Crippen LogP contribution in [0.1, 0.15) is 15.9 Å². The Labute approximate surface area is 112 Å². The third-order valence-corrected chi connectivity index (χ3v) is 2.54. The average Bonchev–Trinajstić information content (AvgIpc) is 2.40. The van der Waals surface area contributed by atoms with Gasteiger partial charge in [-0.1, -0.05) is 0 Å². The molecular weight excluding hydrogens is 266 g/mol. The molecule has 20 heavy (non-hydrogen) atoms. The number of nitrogens with zero attached hydrogens (tertiary/aromatic N) is 1. The summed E-state index contributed by atoms with van der Waals surface area (Å²) in [6, 6.07) is 8.16. The molecule has 2 aromatic rings. The predicted octanol–water partition coefficient (Wildman–Crippen LogP) is 2.79. The molecule has 2 aromatic carbocycles. The highest BCUT2D eigenvalue weighted by Gasteiger charge is 2.13. The lowest BCUT2D eigenvalue weighted by atomic mass is 10.1. The number of hydrogen-bond acceptors (Lipinski definition) is 3. The van der Waals surface area contributed by atoms with E-state index in [1.54, 1.807) is 6.07 Å². The van der Waals surface area contributed by atoms with Gasteiger partial charge in [-0.15, -0.1) is 0 Å². The zero-order valence-electron chi connectivity index (χ0n) is 10.0. The number of halogens is 2. The molecule has 2 N–H and O–H groups in total. The van der Waals surface area contributed by atoms with Crippen LogP contribution >= 0.6 is 0 Å². The molecule has 0 aromatic heterocycles. The van der Waals surface area contributed by atoms with Gasteiger partial charge in [0.15, 0.2) is 0 Å². The molecule has 2 rings (SSSR count). The highest BCUT2D eigenvalue weighted by atomic mass is 19.1. The first-order valence-corrected chi connectivity index (χ1v) is 5.51. The Bertz CT molecular complexity index is 724. The van der Waals surface area contributed by atoms with Gasteiger partial charge in [0.2, 0.25) is 0 Å². The number of aromatic hydroxyl groups is 1. The van der Waals surface area contributed by atoms with Gasteiger partial charge in [0.05, 0.1) is 11.1 Å². The van der Waals surface area contributed by atoms with Crippen molar-refractivity contribution in [3.8, 4) is 11.8 Å². The van der Waals surface area contributed by atoms with Gasteiger partial charge in [0, 0.05) is 11.8 Å². The molecule has 0 heterocycles. The van der Waals surface area contributed by atoms with Crippen molar-refractivity contribution in [2.75, 3.05) is 5.32 Å². The van der Waals surface area contributed by atoms with Crippen LogP contribution in [0.15, 0.2) is 36.4 Å². The van der Waals surface area contributed by atoms with E-state index in [0.29, 0.717) is 0 Å². The summed E-state index contributed by atoms with van der Waals surface area (Å²) in [5.41, 5.74) is -0.333. The third kappa shape index (κ3) is 2.72. The van der Waals surface area contributed by atoms with E-state index in [2.05, 4.69) is 5.32 Å². The van der Waals surface area contributed by atoms with Gasteiger partial charge >= 0.3 is 0 Å². The number of anilines is 1. The van der Waals surface area contributed by atoms with Crippen LogP contribution in [0, 0.1) is 23.0 Å². The third-order valence-electron chi connectivity index (χ3n) is 2.54. The van der Waals surface area contributed by atoms with Crippen LogP contribution < -0.4 is 5.32 Å². The van der Waals surface area contributed by atoms with Crippen LogP contribution in [-0.4, -0.2) is 11.0 Å². The average molecular weight is 274 g/mol. The fourth-order valence-electron chi connectivity index (χ4n) is 1.58. The molecular formula is C14H8F2N2O2. The number of hydrogen-bond donors (Lipinski definition) is 2. The molecule has 0 saturated carbocycles. The second kappa shape index (κ2) is 5.36. The monoisotopic (exact) mass is 274 g/mol. The van der Waals surface area contributed by atoms with Crippen molar-refractivity contribution >= 4 is 11.6 Å². The molecule has 0 saturated heterocycles. The Morgan fingerprint density at radius 3 is 2.55 bits per heavy atom. The van der Waals surface area contributed by atoms with Crippen molar-refractivity contribution < 1.29 is 18.7 Å². The minimum absolute atomic E-state index is 0.167. The maximum absolute atomic E-state index is 13.5. The summed E-state index contributed by atoms with van der Waals surface area (Å²) in [5.74, 6) is -2.66. The van der Waals surface area contributed by atoms with Gasteiger partial charge in [-0.05, 0) is 30.3 Å². The molecule has 6 heteroatoms. The Morgan fingerprint density at radius 2 is 1.90 bits per heavy atom. The van der Waals surface area contributed by atoms with Crippen molar-refractivity contribution in [3.05, 3.63) is 59.2 Å². The molecule has 1 amide bonds. The Kier molecular flexibility index (Phi) is 3.62. The molecule has 0 aliphatic carbocycles. The molecule has 0 atom stereocenters. The largest absolute Gasteiger partial charge is 0.508 e. The number of phenols is 1. The van der Waals surface area contributed by atoms with Gasteiger partial charge < -0.3 is 10.4 Å². The maximum Gasteiger partial charge on any atom is 0.258 e. The first-order valence-electron chi connectivity index (χ1n) is 5.51. The number of nitrogens with one attached hydrogen (secondary N) is 1. The number of carbonyl (C=O) groups excluding carboxylic acids is 1. The number of amides is 1. The SMILES string of the molecule is N#Cc1cc(NC(=O)c2ccc(O)cc2F)ccc1F. The first kappa shape index (κ1) is 13.5. The normalized spacial score (nSPS) is 9.85. The zero-order valence-corrected chi connectivity index (χ0v) is 10.0. The van der Waals surface area contributed by atoms with Crippen molar-refractivity contribution in [3.63, 3.8) is 0 Å². The highest BCUT2D eigenvalue weighted by Crippen LogP contribution is 2.18. The van der Waals surface area contributed by atoms with Crippen LogP contribution in [0.25, 0.3) is 0 Å². The van der Waals surface area contributed by atoms with E-state index in [1.165, 1.54) is 12.1 Å². The van der Waals surface area contributed by atoms with Gasteiger partial charge in [-0.3, -0.25) is 4.79 Å². The topological polar surface area (TPSA) is 73.1 Å². The van der Waals surface area contributed by atoms with E-state index in [0.717, 1.165) is 24.3 Å². The van der Waals surface area contributed by atoms with E-state index in [9.17, 15) is 13.6 Å². The van der Waals surface area contributed by atoms with Crippen LogP contribution in [0.5, 0.6) is 5.75 Å². The summed E-state index contributed by atoms with van der Waals surface area (Å²) in [7, 11) is 0. The fourth-order valence-corrected chi connectivity index (χ4v) is 1.58. The minimum Gasteiger partial charge on any atom is -0.508 e. The fraction of sp³-hybridized carbons (Fsp3) is 0. The molecule has 0 unspecified atom stereocenters. The summed E-state index contributed by atoms with van der Waals surface area (Å²) in [4.78, 5) is 11.8. The number of rotatable bonds is 2. The van der Waals surface area contributed by atoms with E-state index in [-0.39, 0.29) is 22.6 Å². The van der Waals surface area contributed by atoms with Crippen LogP contribution in [-0.2, 0) is 0 Å². The highest BCUT2D eigenvalue weighted by molar-refractivity contribution is 6.04. The maximum atomic E-state index is 13.5. The predicted molar refractivity (Wildman–Crippen MR) is 67.1 cm³/mol. The smallest absolute Gasteiger partial charge is 0.258 e. The van der Waals surface area contributed by atoms with E-state index in [1.807, 2.05) is 0 Å². The quantitative estimate of drug-likeness (QED) is 0.884. The van der Waals surface area contributed by atoms with Crippen LogP contribution in [0.2, 0.25) is 0 Å². The van der Waals surface area contributed by atoms with Crippen LogP contribution in [0.4, 0.5) is 14.5 Å². The molecule has 0 radical (unpaired) electrons. The summed E-state index contributed by atoms with van der Waals surface area (Å²) in [5, 5.41) is 20.1. The lowest BCUT2D eigenvalue weighted by molar-refractivity contribution is 0.102. The number of phenolic OH excluding ortho intramolecular Hbond substituents is 1. The van der Waals surface area contributed by atoms with Gasteiger partial charge in [-0.25, -0.2) is 8.78 Å². The summed E-state index contributed by atoms with van der Waals surface area (Å²) < 4.78 is 26.6. The molecule has 100 valence electrons. The molecule has 0 bridgehead atoms. The van der Waals surface area contributed by atoms with E-state index < -0.39 is 17.5 Å². The van der Waals surface area contributed by atoms with Crippen LogP contribution in [0.3, 0.4) is 0 Å². The second-order valence-electron chi connectivity index (χ2n) is 3.92. The van der Waals surface area contributed by atoms with Crippen molar-refractivity contribution in [2.24, 2.45) is 0 Å². The number of carbonyl (C=O) groups is 1. The number of benzene rings is 2. The minimum atomic E-state index is -0.884.